The van der Waals surface area contributed by atoms with Crippen LogP contribution in [0.15, 0.2) is 28.7 Å². The molecule has 0 aliphatic heterocycles. The lowest BCUT2D eigenvalue weighted by Gasteiger charge is -2.09. The van der Waals surface area contributed by atoms with E-state index in [4.69, 9.17) is 33.7 Å². The Hall–Kier alpha value is -1.57. The van der Waals surface area contributed by atoms with E-state index in [1.165, 1.54) is 18.2 Å². The van der Waals surface area contributed by atoms with Gasteiger partial charge in [-0.15, -0.1) is 0 Å². The average Bonchev–Trinajstić information content (AvgIpc) is 2.37. The van der Waals surface area contributed by atoms with Gasteiger partial charge in [-0.1, -0.05) is 29.3 Å². The lowest BCUT2D eigenvalue weighted by molar-refractivity contribution is -0.385. The number of nitrogens with zero attached hydrogens (tertiary/aromatic N) is 2. The van der Waals surface area contributed by atoms with Crippen molar-refractivity contribution < 1.29 is 9.66 Å². The van der Waals surface area contributed by atoms with E-state index in [0.717, 1.165) is 0 Å². The molecule has 2 rings (SSSR count). The molecule has 0 atom stereocenters. The highest BCUT2D eigenvalue weighted by molar-refractivity contribution is 9.10. The predicted octanol–water partition coefficient (Wildman–Crippen LogP) is 4.43. The van der Waals surface area contributed by atoms with Crippen LogP contribution in [0.3, 0.4) is 0 Å². The third-order valence-corrected chi connectivity index (χ3v) is 3.46. The number of hydrogen-bond donors (Lipinski definition) is 1. The second kappa shape index (κ2) is 5.82. The molecule has 1 aromatic heterocycles. The number of nitrogens with two attached hydrogens (primary N) is 1. The van der Waals surface area contributed by atoms with Gasteiger partial charge in [-0.05, 0) is 28.1 Å². The molecular weight excluding hydrogens is 373 g/mol. The summed E-state index contributed by atoms with van der Waals surface area (Å²) < 4.78 is 5.79. The smallest absolute Gasteiger partial charge is 0.312 e. The first-order chi connectivity index (χ1) is 9.40. The summed E-state index contributed by atoms with van der Waals surface area (Å²) in [4.78, 5) is 14.3. The lowest BCUT2D eigenvalue weighted by atomic mass is 10.3. The Morgan fingerprint density at radius 2 is 2.05 bits per heavy atom. The molecule has 0 spiro atoms. The van der Waals surface area contributed by atoms with Gasteiger partial charge < -0.3 is 10.5 Å². The summed E-state index contributed by atoms with van der Waals surface area (Å²) in [5.74, 6) is -0.0713. The quantitative estimate of drug-likeness (QED) is 0.629. The topological polar surface area (TPSA) is 91.3 Å². The molecule has 20 heavy (non-hydrogen) atoms. The maximum Gasteiger partial charge on any atom is 0.312 e. The summed E-state index contributed by atoms with van der Waals surface area (Å²) in [7, 11) is 0. The largest absolute Gasteiger partial charge is 0.429 e. The molecule has 9 heteroatoms. The Kier molecular flexibility index (Phi) is 4.32. The fourth-order valence-corrected chi connectivity index (χ4v) is 2.21. The molecule has 0 aliphatic carbocycles. The number of nitro groups is 1. The van der Waals surface area contributed by atoms with Crippen LogP contribution in [0.1, 0.15) is 0 Å². The number of halogens is 3. The maximum atomic E-state index is 11.0. The molecule has 2 N–H and O–H groups in total. The Bertz CT molecular complexity index is 697. The number of anilines is 1. The number of aromatic nitrogens is 1. The number of nitro benzene ring substituents is 1. The van der Waals surface area contributed by atoms with E-state index in [-0.39, 0.29) is 33.2 Å². The average molecular weight is 379 g/mol. The molecule has 0 fully saturated rings. The van der Waals surface area contributed by atoms with E-state index in [9.17, 15) is 10.1 Å². The Morgan fingerprint density at radius 3 is 2.70 bits per heavy atom. The summed E-state index contributed by atoms with van der Waals surface area (Å²) in [6, 6.07) is 5.76. The van der Waals surface area contributed by atoms with Crippen molar-refractivity contribution in [2.24, 2.45) is 0 Å². The van der Waals surface area contributed by atoms with Crippen LogP contribution in [-0.4, -0.2) is 9.91 Å². The first-order valence-corrected chi connectivity index (χ1v) is 6.67. The van der Waals surface area contributed by atoms with Gasteiger partial charge in [0.1, 0.15) is 10.8 Å². The molecule has 0 saturated carbocycles. The van der Waals surface area contributed by atoms with E-state index in [0.29, 0.717) is 4.47 Å². The summed E-state index contributed by atoms with van der Waals surface area (Å²) in [5, 5.41) is 11.2. The monoisotopic (exact) mass is 377 g/mol. The van der Waals surface area contributed by atoms with Crippen LogP contribution in [-0.2, 0) is 0 Å². The second-order valence-corrected chi connectivity index (χ2v) is 5.26. The maximum absolute atomic E-state index is 11.0. The molecule has 0 amide bonds. The molecule has 1 heterocycles. The molecule has 0 aliphatic rings. The number of benzene rings is 1. The van der Waals surface area contributed by atoms with E-state index in [1.54, 1.807) is 6.07 Å². The number of para-hydroxylation sites is 1. The normalized spacial score (nSPS) is 10.3. The summed E-state index contributed by atoms with van der Waals surface area (Å²) >= 11 is 14.9. The minimum absolute atomic E-state index is 0.0146. The standard InChI is InChI=1S/C11H6BrCl2N3O3/c12-5-2-1-3-8(17(18)19)9(5)20-11-7(14)4-6(13)10(15)16-11/h1-4H,(H2,15,16). The Morgan fingerprint density at radius 1 is 1.35 bits per heavy atom. The van der Waals surface area contributed by atoms with Crippen molar-refractivity contribution >= 4 is 50.6 Å². The van der Waals surface area contributed by atoms with Crippen LogP contribution < -0.4 is 10.5 Å². The molecule has 104 valence electrons. The van der Waals surface area contributed by atoms with Gasteiger partial charge in [0.15, 0.2) is 0 Å². The van der Waals surface area contributed by atoms with Crippen molar-refractivity contribution in [1.29, 1.82) is 0 Å². The highest BCUT2D eigenvalue weighted by Gasteiger charge is 2.21. The van der Waals surface area contributed by atoms with Crippen LogP contribution >= 0.6 is 39.1 Å². The number of hydrogen-bond acceptors (Lipinski definition) is 5. The van der Waals surface area contributed by atoms with Crippen LogP contribution in [0, 0.1) is 10.1 Å². The molecule has 6 nitrogen and oxygen atoms in total. The summed E-state index contributed by atoms with van der Waals surface area (Å²) in [6.45, 7) is 0. The predicted molar refractivity (Wildman–Crippen MR) is 79.5 cm³/mol. The van der Waals surface area contributed by atoms with Gasteiger partial charge >= 0.3 is 5.69 Å². The van der Waals surface area contributed by atoms with Gasteiger partial charge in [-0.2, -0.15) is 4.98 Å². The lowest BCUT2D eigenvalue weighted by Crippen LogP contribution is -1.98. The van der Waals surface area contributed by atoms with Crippen LogP contribution in [0.2, 0.25) is 10.0 Å². The van der Waals surface area contributed by atoms with Crippen molar-refractivity contribution in [1.82, 2.24) is 4.98 Å². The Balaban J connectivity index is 2.50. The minimum Gasteiger partial charge on any atom is -0.429 e. The number of nitrogen functional groups attached to an aromatic ring is 1. The molecular formula is C11H6BrCl2N3O3. The van der Waals surface area contributed by atoms with E-state index in [1.807, 2.05) is 0 Å². The van der Waals surface area contributed by atoms with E-state index in [2.05, 4.69) is 20.9 Å². The fraction of sp³-hybridized carbons (Fsp3) is 0. The number of ether oxygens (including phenoxy) is 1. The molecule has 2 aromatic rings. The van der Waals surface area contributed by atoms with Crippen molar-refractivity contribution in [2.45, 2.75) is 0 Å². The van der Waals surface area contributed by atoms with Gasteiger partial charge in [-0.25, -0.2) is 0 Å². The highest BCUT2D eigenvalue weighted by atomic mass is 79.9. The van der Waals surface area contributed by atoms with E-state index < -0.39 is 4.92 Å². The first-order valence-electron chi connectivity index (χ1n) is 5.12. The molecule has 0 unspecified atom stereocenters. The zero-order valence-electron chi connectivity index (χ0n) is 9.64. The second-order valence-electron chi connectivity index (χ2n) is 3.59. The zero-order chi connectivity index (χ0) is 14.9. The third kappa shape index (κ3) is 2.95. The van der Waals surface area contributed by atoms with Crippen LogP contribution in [0.25, 0.3) is 0 Å². The van der Waals surface area contributed by atoms with Gasteiger partial charge in [0.2, 0.25) is 11.6 Å². The zero-order valence-corrected chi connectivity index (χ0v) is 12.7. The van der Waals surface area contributed by atoms with Gasteiger partial charge in [0.05, 0.1) is 14.4 Å². The third-order valence-electron chi connectivity index (χ3n) is 2.27. The minimum atomic E-state index is -0.576. The first kappa shape index (κ1) is 14.8. The highest BCUT2D eigenvalue weighted by Crippen LogP contribution is 2.40. The molecule has 1 aromatic carbocycles. The van der Waals surface area contributed by atoms with Crippen molar-refractivity contribution in [3.05, 3.63) is 48.9 Å². The van der Waals surface area contributed by atoms with Gasteiger partial charge in [0.25, 0.3) is 0 Å². The Labute approximate surface area is 131 Å². The van der Waals surface area contributed by atoms with Crippen LogP contribution in [0.4, 0.5) is 11.5 Å². The van der Waals surface area contributed by atoms with Crippen molar-refractivity contribution in [3.8, 4) is 11.6 Å². The molecule has 0 radical (unpaired) electrons. The SMILES string of the molecule is Nc1nc(Oc2c(Br)cccc2[N+](=O)[O-])c(Cl)cc1Cl. The van der Waals surface area contributed by atoms with Crippen molar-refractivity contribution in [3.63, 3.8) is 0 Å². The van der Waals surface area contributed by atoms with Crippen LogP contribution in [0.5, 0.6) is 11.6 Å². The fourth-order valence-electron chi connectivity index (χ4n) is 1.37. The van der Waals surface area contributed by atoms with Gasteiger partial charge in [-0.3, -0.25) is 10.1 Å². The summed E-state index contributed by atoms with van der Waals surface area (Å²) in [6.07, 6.45) is 0. The number of pyridine rings is 1. The number of rotatable bonds is 3. The van der Waals surface area contributed by atoms with Crippen molar-refractivity contribution in [2.75, 3.05) is 5.73 Å². The van der Waals surface area contributed by atoms with Gasteiger partial charge in [0, 0.05) is 6.07 Å². The summed E-state index contributed by atoms with van der Waals surface area (Å²) in [5.41, 5.74) is 5.32. The molecule has 0 bridgehead atoms. The van der Waals surface area contributed by atoms with E-state index >= 15 is 0 Å². The molecule has 0 saturated heterocycles.